The van der Waals surface area contributed by atoms with Gasteiger partial charge in [0.25, 0.3) is 0 Å². The fourth-order valence-electron chi connectivity index (χ4n) is 4.24. The van der Waals surface area contributed by atoms with Crippen molar-refractivity contribution in [2.24, 2.45) is 0 Å². The maximum absolute atomic E-state index is 13.4. The van der Waals surface area contributed by atoms with E-state index in [2.05, 4.69) is 5.32 Å². The van der Waals surface area contributed by atoms with Crippen LogP contribution in [-0.4, -0.2) is 57.5 Å². The lowest BCUT2D eigenvalue weighted by Crippen LogP contribution is -2.40. The van der Waals surface area contributed by atoms with E-state index in [9.17, 15) is 26.0 Å². The number of amides is 1. The molecule has 1 saturated heterocycles. The number of benzene rings is 3. The van der Waals surface area contributed by atoms with Gasteiger partial charge in [-0.05, 0) is 66.8 Å². The molecule has 3 aromatic rings. The summed E-state index contributed by atoms with van der Waals surface area (Å²) in [6.45, 7) is 0.873. The van der Waals surface area contributed by atoms with E-state index in [1.165, 1.54) is 16.4 Å². The van der Waals surface area contributed by atoms with Crippen LogP contribution in [0.5, 0.6) is 0 Å². The van der Waals surface area contributed by atoms with Gasteiger partial charge in [-0.25, -0.2) is 21.2 Å². The smallest absolute Gasteiger partial charge is 0.243 e. The lowest BCUT2D eigenvalue weighted by Gasteiger charge is -2.22. The molecule has 202 valence electrons. The van der Waals surface area contributed by atoms with Crippen LogP contribution in [0.4, 0.5) is 4.39 Å². The van der Waals surface area contributed by atoms with E-state index in [0.29, 0.717) is 25.1 Å². The molecule has 0 aromatic heterocycles. The molecule has 1 fully saturated rings. The minimum absolute atomic E-state index is 0.0269. The van der Waals surface area contributed by atoms with Crippen molar-refractivity contribution in [2.75, 3.05) is 26.2 Å². The molecular formula is C27H30FN3O5S2. The first-order valence-electron chi connectivity index (χ1n) is 12.3. The molecule has 3 aromatic carbocycles. The summed E-state index contributed by atoms with van der Waals surface area (Å²) in [6.07, 6.45) is 2.18. The highest BCUT2D eigenvalue weighted by Crippen LogP contribution is 2.21. The summed E-state index contributed by atoms with van der Waals surface area (Å²) in [5.41, 5.74) is 1.54. The maximum Gasteiger partial charge on any atom is 0.243 e. The van der Waals surface area contributed by atoms with Crippen molar-refractivity contribution in [3.8, 4) is 0 Å². The van der Waals surface area contributed by atoms with E-state index in [0.717, 1.165) is 34.8 Å². The van der Waals surface area contributed by atoms with E-state index in [4.69, 9.17) is 0 Å². The topological polar surface area (TPSA) is 104 Å². The second kappa shape index (κ2) is 12.2. The first-order chi connectivity index (χ1) is 18.2. The zero-order valence-corrected chi connectivity index (χ0v) is 22.4. The van der Waals surface area contributed by atoms with Gasteiger partial charge in [0, 0.05) is 26.2 Å². The van der Waals surface area contributed by atoms with Gasteiger partial charge in [0.2, 0.25) is 26.0 Å². The molecule has 0 unspecified atom stereocenters. The molecule has 0 radical (unpaired) electrons. The van der Waals surface area contributed by atoms with Crippen molar-refractivity contribution in [3.05, 3.63) is 95.8 Å². The van der Waals surface area contributed by atoms with Gasteiger partial charge in [0.15, 0.2) is 0 Å². The molecule has 1 heterocycles. The summed E-state index contributed by atoms with van der Waals surface area (Å²) in [6, 6.07) is 19.9. The van der Waals surface area contributed by atoms with Gasteiger partial charge in [-0.15, -0.1) is 0 Å². The fraction of sp³-hybridized carbons (Fsp3) is 0.296. The number of nitrogens with zero attached hydrogens (tertiary/aromatic N) is 2. The van der Waals surface area contributed by atoms with Crippen LogP contribution < -0.4 is 5.32 Å². The van der Waals surface area contributed by atoms with Crippen LogP contribution in [0.3, 0.4) is 0 Å². The second-order valence-electron chi connectivity index (χ2n) is 9.07. The van der Waals surface area contributed by atoms with Crippen LogP contribution in [0.2, 0.25) is 0 Å². The molecule has 1 aliphatic rings. The SMILES string of the molecule is O=C(CN(Cc1ccccc1)S(=O)(=O)c1ccc(F)cc1)NCCc1ccc(S(=O)(=O)N2CCCC2)cc1. The van der Waals surface area contributed by atoms with Gasteiger partial charge in [0.1, 0.15) is 5.82 Å². The first kappa shape index (κ1) is 27.9. The molecule has 0 saturated carbocycles. The Hall–Kier alpha value is -3.12. The Kier molecular flexibility index (Phi) is 8.93. The van der Waals surface area contributed by atoms with Crippen molar-refractivity contribution in [1.29, 1.82) is 0 Å². The van der Waals surface area contributed by atoms with Crippen LogP contribution in [-0.2, 0) is 37.8 Å². The molecule has 11 heteroatoms. The molecule has 1 aliphatic heterocycles. The highest BCUT2D eigenvalue weighted by atomic mass is 32.2. The fourth-order valence-corrected chi connectivity index (χ4v) is 7.14. The molecule has 4 rings (SSSR count). The Balaban J connectivity index is 1.38. The Bertz CT molecular complexity index is 1440. The van der Waals surface area contributed by atoms with Crippen molar-refractivity contribution in [2.45, 2.75) is 35.6 Å². The number of halogens is 1. The largest absolute Gasteiger partial charge is 0.355 e. The van der Waals surface area contributed by atoms with Crippen molar-refractivity contribution in [3.63, 3.8) is 0 Å². The number of nitrogens with one attached hydrogen (secondary N) is 1. The lowest BCUT2D eigenvalue weighted by atomic mass is 10.1. The minimum atomic E-state index is -4.07. The summed E-state index contributed by atoms with van der Waals surface area (Å²) in [5, 5.41) is 2.74. The summed E-state index contributed by atoms with van der Waals surface area (Å²) in [5.74, 6) is -1.04. The van der Waals surface area contributed by atoms with E-state index < -0.39 is 38.3 Å². The Morgan fingerprint density at radius 1 is 0.816 bits per heavy atom. The Morgan fingerprint density at radius 3 is 2.05 bits per heavy atom. The molecule has 1 N–H and O–H groups in total. The Labute approximate surface area is 223 Å². The van der Waals surface area contributed by atoms with Crippen LogP contribution in [0.25, 0.3) is 0 Å². The van der Waals surface area contributed by atoms with Crippen molar-refractivity contribution >= 4 is 26.0 Å². The number of rotatable bonds is 11. The van der Waals surface area contributed by atoms with Crippen molar-refractivity contribution < 1.29 is 26.0 Å². The number of carbonyl (C=O) groups excluding carboxylic acids is 1. The molecular weight excluding hydrogens is 529 g/mol. The van der Waals surface area contributed by atoms with Gasteiger partial charge in [-0.2, -0.15) is 8.61 Å². The van der Waals surface area contributed by atoms with E-state index in [-0.39, 0.29) is 22.9 Å². The summed E-state index contributed by atoms with van der Waals surface area (Å²) in [7, 11) is -7.56. The predicted molar refractivity (Wildman–Crippen MR) is 142 cm³/mol. The predicted octanol–water partition coefficient (Wildman–Crippen LogP) is 3.16. The summed E-state index contributed by atoms with van der Waals surface area (Å²) >= 11 is 0. The molecule has 0 atom stereocenters. The number of hydrogen-bond acceptors (Lipinski definition) is 5. The van der Waals surface area contributed by atoms with Gasteiger partial charge in [-0.3, -0.25) is 4.79 Å². The number of carbonyl (C=O) groups is 1. The van der Waals surface area contributed by atoms with E-state index >= 15 is 0 Å². The first-order valence-corrected chi connectivity index (χ1v) is 15.2. The van der Waals surface area contributed by atoms with Crippen molar-refractivity contribution in [1.82, 2.24) is 13.9 Å². The van der Waals surface area contributed by atoms with Gasteiger partial charge >= 0.3 is 0 Å². The molecule has 0 aliphatic carbocycles. The third kappa shape index (κ3) is 6.84. The standard InChI is InChI=1S/C27H30FN3O5S2/c28-24-10-14-26(15-11-24)38(35,36)31(20-23-6-2-1-3-7-23)21-27(32)29-17-16-22-8-12-25(13-9-22)37(33,34)30-18-4-5-19-30/h1-3,6-15H,4-5,16-21H2,(H,29,32). The minimum Gasteiger partial charge on any atom is -0.355 e. The summed E-state index contributed by atoms with van der Waals surface area (Å²) in [4.78, 5) is 12.9. The average molecular weight is 560 g/mol. The van der Waals surface area contributed by atoms with Crippen LogP contribution in [0.15, 0.2) is 88.7 Å². The summed E-state index contributed by atoms with van der Waals surface area (Å²) < 4.78 is 67.8. The average Bonchev–Trinajstić information content (AvgIpc) is 3.46. The molecule has 38 heavy (non-hydrogen) atoms. The highest BCUT2D eigenvalue weighted by molar-refractivity contribution is 7.89. The van der Waals surface area contributed by atoms with Crippen LogP contribution in [0, 0.1) is 5.82 Å². The second-order valence-corrected chi connectivity index (χ2v) is 12.9. The van der Waals surface area contributed by atoms with Crippen LogP contribution >= 0.6 is 0 Å². The zero-order chi connectivity index (χ0) is 27.2. The van der Waals surface area contributed by atoms with Gasteiger partial charge < -0.3 is 5.32 Å². The normalized spacial score (nSPS) is 14.6. The highest BCUT2D eigenvalue weighted by Gasteiger charge is 2.28. The Morgan fingerprint density at radius 2 is 1.42 bits per heavy atom. The monoisotopic (exact) mass is 559 g/mol. The third-order valence-corrected chi connectivity index (χ3v) is 10.1. The zero-order valence-electron chi connectivity index (χ0n) is 20.8. The van der Waals surface area contributed by atoms with E-state index in [1.54, 1.807) is 48.5 Å². The third-order valence-electron chi connectivity index (χ3n) is 6.34. The number of hydrogen-bond donors (Lipinski definition) is 1. The molecule has 8 nitrogen and oxygen atoms in total. The maximum atomic E-state index is 13.4. The lowest BCUT2D eigenvalue weighted by molar-refractivity contribution is -0.121. The van der Waals surface area contributed by atoms with Gasteiger partial charge in [0.05, 0.1) is 16.3 Å². The quantitative estimate of drug-likeness (QED) is 0.389. The molecule has 1 amide bonds. The van der Waals surface area contributed by atoms with Gasteiger partial charge in [-0.1, -0.05) is 42.5 Å². The molecule has 0 spiro atoms. The number of sulfonamides is 2. The van der Waals surface area contributed by atoms with Crippen LogP contribution in [0.1, 0.15) is 24.0 Å². The van der Waals surface area contributed by atoms with E-state index in [1.807, 2.05) is 6.07 Å². The molecule has 0 bridgehead atoms.